The molecule has 0 aromatic heterocycles. The number of carbonyl (C=O) groups is 1. The van der Waals surface area contributed by atoms with E-state index in [1.807, 2.05) is 39.0 Å². The van der Waals surface area contributed by atoms with Crippen molar-refractivity contribution in [3.63, 3.8) is 0 Å². The Bertz CT molecular complexity index is 548. The molecule has 1 aromatic rings. The van der Waals surface area contributed by atoms with Crippen LogP contribution >= 0.6 is 0 Å². The van der Waals surface area contributed by atoms with Crippen molar-refractivity contribution in [1.29, 1.82) is 0 Å². The zero-order valence-electron chi connectivity index (χ0n) is 13.4. The summed E-state index contributed by atoms with van der Waals surface area (Å²) in [6, 6.07) is 9.12. The Hall–Kier alpha value is -2.31. The summed E-state index contributed by atoms with van der Waals surface area (Å²) in [6.07, 6.45) is -0.198. The number of carbonyl (C=O) groups excluding carboxylic acids is 1. The van der Waals surface area contributed by atoms with Crippen LogP contribution in [0.15, 0.2) is 35.6 Å². The highest BCUT2D eigenvalue weighted by atomic mass is 16.7. The third-order valence-corrected chi connectivity index (χ3v) is 3.66. The van der Waals surface area contributed by atoms with E-state index >= 15 is 0 Å². The maximum absolute atomic E-state index is 12.1. The molecule has 2 rings (SSSR count). The Labute approximate surface area is 130 Å². The summed E-state index contributed by atoms with van der Waals surface area (Å²) in [5.41, 5.74) is 0.380. The fourth-order valence-electron chi connectivity index (χ4n) is 1.87. The molecule has 0 aliphatic carbocycles. The maximum Gasteiger partial charge on any atom is 0.274 e. The molecule has 1 aliphatic heterocycles. The van der Waals surface area contributed by atoms with E-state index in [4.69, 9.17) is 4.84 Å². The number of nitrogens with zero attached hydrogens (tertiary/aromatic N) is 4. The fourth-order valence-corrected chi connectivity index (χ4v) is 1.87. The van der Waals surface area contributed by atoms with Crippen molar-refractivity contribution in [3.8, 4) is 0 Å². The lowest BCUT2D eigenvalue weighted by atomic mass is 10.1. The van der Waals surface area contributed by atoms with E-state index in [0.29, 0.717) is 23.6 Å². The summed E-state index contributed by atoms with van der Waals surface area (Å²) in [6.45, 7) is 6.74. The van der Waals surface area contributed by atoms with Crippen LogP contribution in [-0.4, -0.2) is 57.8 Å². The van der Waals surface area contributed by atoms with E-state index in [9.17, 15) is 10.0 Å². The molecule has 7 nitrogen and oxygen atoms in total. The number of rotatable bonds is 4. The fraction of sp³-hybridized carbons (Fsp3) is 0.533. The molecule has 1 aliphatic rings. The molecular weight excluding hydrogens is 284 g/mol. The van der Waals surface area contributed by atoms with Crippen molar-refractivity contribution < 1.29 is 19.8 Å². The van der Waals surface area contributed by atoms with Gasteiger partial charge in [0.1, 0.15) is 0 Å². The molecule has 1 saturated heterocycles. The van der Waals surface area contributed by atoms with Crippen molar-refractivity contribution >= 4 is 5.91 Å². The van der Waals surface area contributed by atoms with Gasteiger partial charge in [0, 0.05) is 5.56 Å². The normalized spacial score (nSPS) is 16.2. The largest absolute Gasteiger partial charge is 0.335 e. The summed E-state index contributed by atoms with van der Waals surface area (Å²) in [4.78, 5) is 19.7. The Kier molecular flexibility index (Phi) is 4.54. The van der Waals surface area contributed by atoms with Crippen molar-refractivity contribution in [3.05, 3.63) is 35.9 Å². The summed E-state index contributed by atoms with van der Waals surface area (Å²) < 4.78 is 0. The second-order valence-corrected chi connectivity index (χ2v) is 6.35. The lowest BCUT2D eigenvalue weighted by Crippen LogP contribution is -2.54. The second-order valence-electron chi connectivity index (χ2n) is 6.35. The monoisotopic (exact) mass is 307 g/mol. The first kappa shape index (κ1) is 16.1. The van der Waals surface area contributed by atoms with Crippen LogP contribution in [0.3, 0.4) is 0 Å². The van der Waals surface area contributed by atoms with Gasteiger partial charge in [-0.05, 0) is 32.9 Å². The minimum Gasteiger partial charge on any atom is -0.335 e. The van der Waals surface area contributed by atoms with Crippen LogP contribution in [-0.2, 0) is 4.84 Å². The average molecular weight is 307 g/mol. The van der Waals surface area contributed by atoms with E-state index in [1.54, 1.807) is 29.1 Å². The van der Waals surface area contributed by atoms with Crippen LogP contribution in [0.1, 0.15) is 31.1 Å². The highest BCUT2D eigenvalue weighted by Gasteiger charge is 2.35. The van der Waals surface area contributed by atoms with E-state index in [-0.39, 0.29) is 17.6 Å². The van der Waals surface area contributed by atoms with Crippen LogP contribution in [0.4, 0.5) is 0 Å². The van der Waals surface area contributed by atoms with Crippen LogP contribution in [0.5, 0.6) is 0 Å². The molecule has 22 heavy (non-hydrogen) atoms. The number of hydrogen-bond acceptors (Lipinski definition) is 3. The molecule has 0 spiro atoms. The van der Waals surface area contributed by atoms with Gasteiger partial charge in [0.2, 0.25) is 0 Å². The summed E-state index contributed by atoms with van der Waals surface area (Å²) >= 11 is 0. The molecule has 7 heteroatoms. The number of amides is 1. The second kappa shape index (κ2) is 6.21. The van der Waals surface area contributed by atoms with Gasteiger partial charge in [-0.1, -0.05) is 18.2 Å². The standard InChI is InChI=1S/C15H23N4O3/c1-15(2,3)17(4)19(21)16-22-13-10-18(11-13)14(20)12-8-6-5-7-9-12/h5-9,13H,10-11H2,1-4H3,(H,16,21)/q+1. The smallest absolute Gasteiger partial charge is 0.274 e. The minimum absolute atomic E-state index is 0.0203. The van der Waals surface area contributed by atoms with E-state index in [1.165, 1.54) is 0 Å². The average Bonchev–Trinajstić information content (AvgIpc) is 2.44. The topological polar surface area (TPSA) is 68.4 Å². The van der Waals surface area contributed by atoms with Gasteiger partial charge >= 0.3 is 0 Å². The van der Waals surface area contributed by atoms with Crippen molar-refractivity contribution in [2.24, 2.45) is 5.28 Å². The lowest BCUT2D eigenvalue weighted by molar-refractivity contribution is -0.946. The maximum atomic E-state index is 12.1. The van der Waals surface area contributed by atoms with Gasteiger partial charge in [-0.15, -0.1) is 5.01 Å². The first-order valence-electron chi connectivity index (χ1n) is 7.23. The molecule has 1 amide bonds. The Morgan fingerprint density at radius 2 is 1.95 bits per heavy atom. The molecule has 1 fully saturated rings. The first-order chi connectivity index (χ1) is 10.3. The van der Waals surface area contributed by atoms with Gasteiger partial charge in [0.25, 0.3) is 16.2 Å². The summed E-state index contributed by atoms with van der Waals surface area (Å²) in [5.74, 6) is -0.0203. The number of benzene rings is 1. The SMILES string of the molecule is CN(/[N+](O)=N/OC1CN(C(=O)c2ccccc2)C1)C(C)(C)C. The summed E-state index contributed by atoms with van der Waals surface area (Å²) in [5, 5.41) is 15.0. The number of hydrazine groups is 1. The molecule has 0 saturated carbocycles. The molecule has 1 heterocycles. The molecule has 0 atom stereocenters. The van der Waals surface area contributed by atoms with Gasteiger partial charge < -0.3 is 9.74 Å². The lowest BCUT2D eigenvalue weighted by Gasteiger charge is -2.36. The predicted molar refractivity (Wildman–Crippen MR) is 79.2 cm³/mol. The molecule has 0 unspecified atom stereocenters. The molecule has 0 bridgehead atoms. The van der Waals surface area contributed by atoms with Crippen LogP contribution in [0.25, 0.3) is 0 Å². The Morgan fingerprint density at radius 1 is 1.36 bits per heavy atom. The Morgan fingerprint density at radius 3 is 2.50 bits per heavy atom. The molecule has 0 radical (unpaired) electrons. The van der Waals surface area contributed by atoms with Crippen molar-refractivity contribution in [2.45, 2.75) is 32.4 Å². The van der Waals surface area contributed by atoms with Gasteiger partial charge in [-0.3, -0.25) is 4.79 Å². The van der Waals surface area contributed by atoms with E-state index < -0.39 is 0 Å². The van der Waals surface area contributed by atoms with Crippen molar-refractivity contribution in [2.75, 3.05) is 20.1 Å². The van der Waals surface area contributed by atoms with E-state index in [2.05, 4.69) is 5.28 Å². The quantitative estimate of drug-likeness (QED) is 0.524. The van der Waals surface area contributed by atoms with Gasteiger partial charge in [-0.25, -0.2) is 5.21 Å². The molecular formula is C15H23N4O3+. The van der Waals surface area contributed by atoms with Crippen LogP contribution < -0.4 is 0 Å². The van der Waals surface area contributed by atoms with Crippen LogP contribution in [0, 0.1) is 0 Å². The molecule has 120 valence electrons. The molecule has 1 aromatic carbocycles. The van der Waals surface area contributed by atoms with Gasteiger partial charge in [0.05, 0.1) is 25.7 Å². The van der Waals surface area contributed by atoms with Gasteiger partial charge in [-0.2, -0.15) is 0 Å². The minimum atomic E-state index is -0.281. The van der Waals surface area contributed by atoms with Crippen molar-refractivity contribution in [1.82, 2.24) is 9.91 Å². The number of hydrogen-bond donors (Lipinski definition) is 1. The molecule has 1 N–H and O–H groups in total. The zero-order chi connectivity index (χ0) is 16.3. The number of likely N-dealkylation sites (tertiary alicyclic amines) is 1. The zero-order valence-corrected chi connectivity index (χ0v) is 13.4. The highest BCUT2D eigenvalue weighted by molar-refractivity contribution is 5.94. The van der Waals surface area contributed by atoms with Gasteiger partial charge in [0.15, 0.2) is 6.10 Å². The third kappa shape index (κ3) is 3.66. The Balaban J connectivity index is 1.82. The van der Waals surface area contributed by atoms with E-state index in [0.717, 1.165) is 0 Å². The predicted octanol–water partition coefficient (Wildman–Crippen LogP) is 1.94. The van der Waals surface area contributed by atoms with Crippen LogP contribution in [0.2, 0.25) is 0 Å². The highest BCUT2D eigenvalue weighted by Crippen LogP contribution is 2.16. The third-order valence-electron chi connectivity index (χ3n) is 3.66. The first-order valence-corrected chi connectivity index (χ1v) is 7.23. The summed E-state index contributed by atoms with van der Waals surface area (Å²) in [7, 11) is 1.71.